The average molecular weight is 370 g/mol. The topological polar surface area (TPSA) is 60.8 Å². The molecule has 1 saturated carbocycles. The molecule has 2 aromatic heterocycles. The van der Waals surface area contributed by atoms with Gasteiger partial charge in [-0.15, -0.1) is 0 Å². The Labute approximate surface area is 136 Å². The third kappa shape index (κ3) is 3.01. The summed E-state index contributed by atoms with van der Waals surface area (Å²) in [5.74, 6) is 1.42. The minimum absolute atomic E-state index is 0.416. The number of nitrogens with zero attached hydrogens (tertiary/aromatic N) is 4. The standard InChI is InChI=1S/C14H14BrClN4O/c1-21-10-6-9(17-7-18-10)14-19-12(8-4-2-3-5-8)11(15)13(16)20-14/h6-8H,2-5H2,1H3. The Kier molecular flexibility index (Phi) is 4.35. The molecule has 0 bridgehead atoms. The maximum atomic E-state index is 6.25. The van der Waals surface area contributed by atoms with E-state index in [4.69, 9.17) is 16.3 Å². The summed E-state index contributed by atoms with van der Waals surface area (Å²) in [6.07, 6.45) is 6.17. The molecule has 1 aliphatic carbocycles. The van der Waals surface area contributed by atoms with Crippen LogP contribution in [0.5, 0.6) is 5.88 Å². The van der Waals surface area contributed by atoms with Crippen LogP contribution in [0.1, 0.15) is 37.3 Å². The largest absolute Gasteiger partial charge is 0.481 e. The van der Waals surface area contributed by atoms with Gasteiger partial charge in [0.25, 0.3) is 0 Å². The fourth-order valence-corrected chi connectivity index (χ4v) is 3.27. The lowest BCUT2D eigenvalue weighted by molar-refractivity contribution is 0.397. The summed E-state index contributed by atoms with van der Waals surface area (Å²) in [5.41, 5.74) is 1.58. The van der Waals surface area contributed by atoms with Gasteiger partial charge in [-0.2, -0.15) is 0 Å². The zero-order chi connectivity index (χ0) is 14.8. The predicted octanol–water partition coefficient (Wildman–Crippen LogP) is 4.02. The van der Waals surface area contributed by atoms with Crippen molar-refractivity contribution in [2.24, 2.45) is 0 Å². The molecule has 0 saturated heterocycles. The third-order valence-corrected chi connectivity index (χ3v) is 4.94. The molecule has 0 N–H and O–H groups in total. The molecule has 2 heterocycles. The lowest BCUT2D eigenvalue weighted by Crippen LogP contribution is -2.04. The Morgan fingerprint density at radius 2 is 2.00 bits per heavy atom. The van der Waals surface area contributed by atoms with Crippen molar-refractivity contribution in [3.8, 4) is 17.4 Å². The first-order valence-electron chi connectivity index (χ1n) is 6.78. The van der Waals surface area contributed by atoms with E-state index in [2.05, 4.69) is 35.9 Å². The second-order valence-electron chi connectivity index (χ2n) is 4.96. The molecule has 1 aliphatic rings. The zero-order valence-electron chi connectivity index (χ0n) is 11.5. The van der Waals surface area contributed by atoms with Gasteiger partial charge in [0.1, 0.15) is 17.2 Å². The first-order chi connectivity index (χ1) is 10.2. The number of hydrogen-bond donors (Lipinski definition) is 0. The van der Waals surface area contributed by atoms with Crippen LogP contribution < -0.4 is 4.74 Å². The van der Waals surface area contributed by atoms with Crippen LogP contribution in [-0.4, -0.2) is 27.0 Å². The van der Waals surface area contributed by atoms with Crippen LogP contribution in [0.15, 0.2) is 16.9 Å². The second kappa shape index (κ2) is 6.23. The molecule has 0 radical (unpaired) electrons. The molecule has 21 heavy (non-hydrogen) atoms. The first kappa shape index (κ1) is 14.7. The van der Waals surface area contributed by atoms with E-state index < -0.39 is 0 Å². The van der Waals surface area contributed by atoms with Crippen LogP contribution in [0.3, 0.4) is 0 Å². The van der Waals surface area contributed by atoms with Gasteiger partial charge in [-0.05, 0) is 28.8 Å². The van der Waals surface area contributed by atoms with Gasteiger partial charge in [0.15, 0.2) is 5.82 Å². The molecular weight excluding hydrogens is 356 g/mol. The summed E-state index contributed by atoms with van der Waals surface area (Å²) in [6, 6.07) is 1.71. The Balaban J connectivity index is 2.06. The summed E-state index contributed by atoms with van der Waals surface area (Å²) in [6.45, 7) is 0. The molecule has 0 aliphatic heterocycles. The van der Waals surface area contributed by atoms with Crippen molar-refractivity contribution in [1.29, 1.82) is 0 Å². The normalized spacial score (nSPS) is 15.4. The summed E-state index contributed by atoms with van der Waals surface area (Å²) in [5, 5.41) is 0.416. The van der Waals surface area contributed by atoms with Gasteiger partial charge < -0.3 is 4.74 Å². The lowest BCUT2D eigenvalue weighted by atomic mass is 10.0. The van der Waals surface area contributed by atoms with Crippen molar-refractivity contribution in [2.75, 3.05) is 7.11 Å². The molecule has 5 nitrogen and oxygen atoms in total. The van der Waals surface area contributed by atoms with E-state index in [1.165, 1.54) is 19.2 Å². The van der Waals surface area contributed by atoms with Gasteiger partial charge in [0.05, 0.1) is 17.3 Å². The predicted molar refractivity (Wildman–Crippen MR) is 83.5 cm³/mol. The molecule has 1 fully saturated rings. The smallest absolute Gasteiger partial charge is 0.216 e. The maximum absolute atomic E-state index is 6.25. The van der Waals surface area contributed by atoms with Crippen LogP contribution in [0.25, 0.3) is 11.5 Å². The van der Waals surface area contributed by atoms with Crippen LogP contribution in [0.2, 0.25) is 5.15 Å². The quantitative estimate of drug-likeness (QED) is 0.765. The number of ether oxygens (including phenoxy) is 1. The number of rotatable bonds is 3. The van der Waals surface area contributed by atoms with Crippen LogP contribution in [0, 0.1) is 0 Å². The molecular formula is C14H14BrClN4O. The highest BCUT2D eigenvalue weighted by Crippen LogP contribution is 2.39. The molecule has 3 rings (SSSR count). The maximum Gasteiger partial charge on any atom is 0.216 e. The monoisotopic (exact) mass is 368 g/mol. The minimum atomic E-state index is 0.416. The Morgan fingerprint density at radius 1 is 1.24 bits per heavy atom. The van der Waals surface area contributed by atoms with Gasteiger partial charge >= 0.3 is 0 Å². The van der Waals surface area contributed by atoms with Crippen molar-refractivity contribution in [3.63, 3.8) is 0 Å². The second-order valence-corrected chi connectivity index (χ2v) is 6.12. The number of hydrogen-bond acceptors (Lipinski definition) is 5. The highest BCUT2D eigenvalue weighted by Gasteiger charge is 2.24. The van der Waals surface area contributed by atoms with E-state index in [0.717, 1.165) is 23.0 Å². The van der Waals surface area contributed by atoms with Gasteiger partial charge in [-0.3, -0.25) is 0 Å². The zero-order valence-corrected chi connectivity index (χ0v) is 13.9. The molecule has 7 heteroatoms. The lowest BCUT2D eigenvalue weighted by Gasteiger charge is -2.13. The third-order valence-electron chi connectivity index (χ3n) is 3.66. The van der Waals surface area contributed by atoms with Crippen LogP contribution >= 0.6 is 27.5 Å². The Bertz CT molecular complexity index is 661. The molecule has 2 aromatic rings. The summed E-state index contributed by atoms with van der Waals surface area (Å²) in [4.78, 5) is 17.2. The average Bonchev–Trinajstić information content (AvgIpc) is 3.04. The van der Waals surface area contributed by atoms with Gasteiger partial charge in [0, 0.05) is 12.0 Å². The minimum Gasteiger partial charge on any atom is -0.481 e. The van der Waals surface area contributed by atoms with E-state index in [9.17, 15) is 0 Å². The Morgan fingerprint density at radius 3 is 2.71 bits per heavy atom. The fourth-order valence-electron chi connectivity index (χ4n) is 2.59. The molecule has 0 unspecified atom stereocenters. The molecule has 110 valence electrons. The molecule has 0 spiro atoms. The van der Waals surface area contributed by atoms with E-state index in [-0.39, 0.29) is 0 Å². The van der Waals surface area contributed by atoms with Crippen molar-refractivity contribution in [1.82, 2.24) is 19.9 Å². The van der Waals surface area contributed by atoms with Crippen molar-refractivity contribution in [2.45, 2.75) is 31.6 Å². The number of halogens is 2. The number of methoxy groups -OCH3 is 1. The van der Waals surface area contributed by atoms with Crippen molar-refractivity contribution in [3.05, 3.63) is 27.7 Å². The summed E-state index contributed by atoms with van der Waals surface area (Å²) >= 11 is 9.76. The SMILES string of the molecule is COc1cc(-c2nc(Cl)c(Br)c(C3CCCC3)n2)ncn1. The van der Waals surface area contributed by atoms with Crippen molar-refractivity contribution >= 4 is 27.5 Å². The number of aromatic nitrogens is 4. The van der Waals surface area contributed by atoms with E-state index in [0.29, 0.717) is 28.5 Å². The molecule has 0 atom stereocenters. The van der Waals surface area contributed by atoms with Gasteiger partial charge in [0.2, 0.25) is 5.88 Å². The van der Waals surface area contributed by atoms with Crippen molar-refractivity contribution < 1.29 is 4.74 Å². The molecule has 0 aromatic carbocycles. The van der Waals surface area contributed by atoms with E-state index >= 15 is 0 Å². The summed E-state index contributed by atoms with van der Waals surface area (Å²) < 4.78 is 5.90. The highest BCUT2D eigenvalue weighted by atomic mass is 79.9. The van der Waals surface area contributed by atoms with Crippen LogP contribution in [0.4, 0.5) is 0 Å². The Hall–Kier alpha value is -1.27. The summed E-state index contributed by atoms with van der Waals surface area (Å²) in [7, 11) is 1.56. The van der Waals surface area contributed by atoms with E-state index in [1.807, 2.05) is 0 Å². The van der Waals surface area contributed by atoms with Gasteiger partial charge in [-0.25, -0.2) is 19.9 Å². The van der Waals surface area contributed by atoms with Gasteiger partial charge in [-0.1, -0.05) is 24.4 Å². The fraction of sp³-hybridized carbons (Fsp3) is 0.429. The molecule has 0 amide bonds. The van der Waals surface area contributed by atoms with E-state index in [1.54, 1.807) is 13.2 Å². The first-order valence-corrected chi connectivity index (χ1v) is 7.95. The highest BCUT2D eigenvalue weighted by molar-refractivity contribution is 9.10. The van der Waals surface area contributed by atoms with Crippen LogP contribution in [-0.2, 0) is 0 Å².